The second-order valence-corrected chi connectivity index (χ2v) is 11.3. The minimum atomic E-state index is -3.84. The number of rotatable bonds is 8. The van der Waals surface area contributed by atoms with Gasteiger partial charge in [-0.15, -0.1) is 11.8 Å². The molecule has 0 aliphatic carbocycles. The SMILES string of the molecule is NS(=O)(=O)c1ccc(NC(=O)CSc2cccc(NC(=O)c3c(Cl)c(Cl)c(Cl)c(Cl)c3C(=O)O)c2)cc1. The second-order valence-electron chi connectivity index (χ2n) is 7.20. The van der Waals surface area contributed by atoms with Crippen molar-refractivity contribution < 1.29 is 27.9 Å². The van der Waals surface area contributed by atoms with Gasteiger partial charge in [-0.25, -0.2) is 18.4 Å². The van der Waals surface area contributed by atoms with Crippen LogP contribution in [0.15, 0.2) is 58.3 Å². The van der Waals surface area contributed by atoms with Gasteiger partial charge in [-0.2, -0.15) is 0 Å². The number of primary sulfonamides is 1. The highest BCUT2D eigenvalue weighted by atomic mass is 35.5. The average molecular weight is 623 g/mol. The van der Waals surface area contributed by atoms with Gasteiger partial charge in [0, 0.05) is 16.3 Å². The third-order valence-corrected chi connectivity index (χ3v) is 8.36. The lowest BCUT2D eigenvalue weighted by molar-refractivity contribution is -0.113. The Kier molecular flexibility index (Phi) is 9.35. The topological polar surface area (TPSA) is 156 Å². The van der Waals surface area contributed by atoms with Crippen molar-refractivity contribution in [2.45, 2.75) is 9.79 Å². The van der Waals surface area contributed by atoms with Crippen LogP contribution in [-0.4, -0.2) is 37.1 Å². The third-order valence-electron chi connectivity index (χ3n) is 4.64. The summed E-state index contributed by atoms with van der Waals surface area (Å²) < 4.78 is 22.6. The highest BCUT2D eigenvalue weighted by Crippen LogP contribution is 2.42. The quantitative estimate of drug-likeness (QED) is 0.144. The van der Waals surface area contributed by atoms with Crippen molar-refractivity contribution in [1.82, 2.24) is 0 Å². The number of halogens is 4. The van der Waals surface area contributed by atoms with Crippen LogP contribution in [0.2, 0.25) is 20.1 Å². The highest BCUT2D eigenvalue weighted by Gasteiger charge is 2.29. The van der Waals surface area contributed by atoms with Crippen LogP contribution in [-0.2, 0) is 14.8 Å². The van der Waals surface area contributed by atoms with Gasteiger partial charge in [-0.3, -0.25) is 9.59 Å². The summed E-state index contributed by atoms with van der Waals surface area (Å²) in [5.74, 6) is -2.78. The summed E-state index contributed by atoms with van der Waals surface area (Å²) in [6, 6.07) is 11.8. The first-order chi connectivity index (χ1) is 17.3. The van der Waals surface area contributed by atoms with Crippen molar-refractivity contribution in [1.29, 1.82) is 0 Å². The predicted octanol–water partition coefficient (Wildman–Crippen LogP) is 5.63. The summed E-state index contributed by atoms with van der Waals surface area (Å²) >= 11 is 25.2. The summed E-state index contributed by atoms with van der Waals surface area (Å²) in [5.41, 5.74) is -0.397. The lowest BCUT2D eigenvalue weighted by Crippen LogP contribution is -2.18. The fourth-order valence-corrected chi connectivity index (χ4v) is 5.27. The molecule has 0 aromatic heterocycles. The van der Waals surface area contributed by atoms with E-state index in [2.05, 4.69) is 10.6 Å². The molecule has 3 aromatic rings. The summed E-state index contributed by atoms with van der Waals surface area (Å²) in [7, 11) is -3.84. The highest BCUT2D eigenvalue weighted by molar-refractivity contribution is 8.00. The maximum absolute atomic E-state index is 12.9. The monoisotopic (exact) mass is 621 g/mol. The van der Waals surface area contributed by atoms with Crippen molar-refractivity contribution in [3.63, 3.8) is 0 Å². The molecule has 0 aliphatic heterocycles. The van der Waals surface area contributed by atoms with Crippen LogP contribution in [0.5, 0.6) is 0 Å². The van der Waals surface area contributed by atoms with Crippen molar-refractivity contribution in [3.8, 4) is 0 Å². The van der Waals surface area contributed by atoms with Crippen LogP contribution >= 0.6 is 58.2 Å². The van der Waals surface area contributed by atoms with Crippen molar-refractivity contribution in [3.05, 3.63) is 79.7 Å². The van der Waals surface area contributed by atoms with E-state index in [4.69, 9.17) is 51.5 Å². The van der Waals surface area contributed by atoms with Crippen LogP contribution in [0.25, 0.3) is 0 Å². The van der Waals surface area contributed by atoms with E-state index in [0.29, 0.717) is 10.6 Å². The molecular formula is C22H15Cl4N3O6S2. The molecule has 0 heterocycles. The Morgan fingerprint density at radius 3 is 2.00 bits per heavy atom. The average Bonchev–Trinajstić information content (AvgIpc) is 2.83. The molecule has 194 valence electrons. The number of benzene rings is 3. The standard InChI is InChI=1S/C22H15Cl4N3O6S2/c23-17-15(16(22(32)33)18(24)20(26)19(17)25)21(31)29-11-2-1-3-12(8-11)36-9-14(30)28-10-4-6-13(7-5-10)37(27,34)35/h1-8H,9H2,(H,28,30)(H,29,31)(H,32,33)(H2,27,34,35). The van der Waals surface area contributed by atoms with E-state index in [9.17, 15) is 27.9 Å². The van der Waals surface area contributed by atoms with Crippen LogP contribution in [0, 0.1) is 0 Å². The Morgan fingerprint density at radius 1 is 0.838 bits per heavy atom. The number of carbonyl (C=O) groups is 3. The molecule has 9 nitrogen and oxygen atoms in total. The number of carboxylic acids is 1. The van der Waals surface area contributed by atoms with Crippen molar-refractivity contribution >= 4 is 97.3 Å². The fraction of sp³-hybridized carbons (Fsp3) is 0.0455. The molecule has 0 saturated carbocycles. The molecule has 15 heteroatoms. The number of aromatic carboxylic acids is 1. The first-order valence-electron chi connectivity index (χ1n) is 9.85. The van der Waals surface area contributed by atoms with Crippen LogP contribution < -0.4 is 15.8 Å². The van der Waals surface area contributed by atoms with Gasteiger partial charge < -0.3 is 15.7 Å². The molecular weight excluding hydrogens is 608 g/mol. The number of amides is 2. The number of carbonyl (C=O) groups excluding carboxylic acids is 2. The van der Waals surface area contributed by atoms with Crippen molar-refractivity contribution in [2.75, 3.05) is 16.4 Å². The first kappa shape index (κ1) is 29.1. The number of anilines is 2. The molecule has 0 bridgehead atoms. The van der Waals surface area contributed by atoms with E-state index in [-0.39, 0.29) is 37.3 Å². The van der Waals surface area contributed by atoms with Gasteiger partial charge in [0.25, 0.3) is 5.91 Å². The largest absolute Gasteiger partial charge is 0.478 e. The van der Waals surface area contributed by atoms with Gasteiger partial charge in [0.1, 0.15) is 0 Å². The van der Waals surface area contributed by atoms with E-state index in [1.807, 2.05) is 0 Å². The van der Waals surface area contributed by atoms with Gasteiger partial charge in [0.05, 0.1) is 41.9 Å². The van der Waals surface area contributed by atoms with E-state index >= 15 is 0 Å². The molecule has 0 unspecified atom stereocenters. The lowest BCUT2D eigenvalue weighted by atomic mass is 10.1. The molecule has 2 amide bonds. The molecule has 37 heavy (non-hydrogen) atoms. The molecule has 3 rings (SSSR count). The van der Waals surface area contributed by atoms with E-state index < -0.39 is 38.0 Å². The molecule has 0 radical (unpaired) electrons. The maximum Gasteiger partial charge on any atom is 0.338 e. The summed E-state index contributed by atoms with van der Waals surface area (Å²) in [6.07, 6.45) is 0. The summed E-state index contributed by atoms with van der Waals surface area (Å²) in [5, 5.41) is 18.4. The number of sulfonamides is 1. The summed E-state index contributed by atoms with van der Waals surface area (Å²) in [6.45, 7) is 0. The number of nitrogens with one attached hydrogen (secondary N) is 2. The fourth-order valence-electron chi connectivity index (χ4n) is 2.98. The molecule has 5 N–H and O–H groups in total. The van der Waals surface area contributed by atoms with Crippen LogP contribution in [0.3, 0.4) is 0 Å². The number of carboxylic acid groups (broad SMARTS) is 1. The maximum atomic E-state index is 12.9. The smallest absolute Gasteiger partial charge is 0.338 e. The van der Waals surface area contributed by atoms with E-state index in [0.717, 1.165) is 11.8 Å². The number of hydrogen-bond acceptors (Lipinski definition) is 6. The van der Waals surface area contributed by atoms with E-state index in [1.165, 1.54) is 24.3 Å². The Balaban J connectivity index is 1.70. The second kappa shape index (κ2) is 11.9. The predicted molar refractivity (Wildman–Crippen MR) is 145 cm³/mol. The molecule has 0 spiro atoms. The van der Waals surface area contributed by atoms with Gasteiger partial charge >= 0.3 is 5.97 Å². The van der Waals surface area contributed by atoms with E-state index in [1.54, 1.807) is 24.3 Å². The zero-order valence-corrected chi connectivity index (χ0v) is 22.9. The zero-order valence-electron chi connectivity index (χ0n) is 18.2. The minimum Gasteiger partial charge on any atom is -0.478 e. The normalized spacial score (nSPS) is 11.2. The molecule has 0 saturated heterocycles. The Hall–Kier alpha value is -2.51. The molecule has 3 aromatic carbocycles. The Bertz CT molecular complexity index is 1520. The zero-order chi connectivity index (χ0) is 27.5. The number of nitrogens with two attached hydrogens (primary N) is 1. The van der Waals surface area contributed by atoms with Crippen LogP contribution in [0.4, 0.5) is 11.4 Å². The Labute approximate surface area is 235 Å². The molecule has 0 atom stereocenters. The summed E-state index contributed by atoms with van der Waals surface area (Å²) in [4.78, 5) is 37.4. The number of hydrogen-bond donors (Lipinski definition) is 4. The van der Waals surface area contributed by atoms with Gasteiger partial charge in [-0.1, -0.05) is 52.5 Å². The van der Waals surface area contributed by atoms with Crippen LogP contribution in [0.1, 0.15) is 20.7 Å². The molecule has 0 fully saturated rings. The molecule has 0 aliphatic rings. The van der Waals surface area contributed by atoms with Gasteiger partial charge in [0.15, 0.2) is 0 Å². The lowest BCUT2D eigenvalue weighted by Gasteiger charge is -2.14. The minimum absolute atomic E-state index is 0.00820. The van der Waals surface area contributed by atoms with Gasteiger partial charge in [-0.05, 0) is 42.5 Å². The first-order valence-corrected chi connectivity index (χ1v) is 13.9. The third kappa shape index (κ3) is 7.08. The number of thioether (sulfide) groups is 1. The van der Waals surface area contributed by atoms with Crippen molar-refractivity contribution in [2.24, 2.45) is 5.14 Å². The Morgan fingerprint density at radius 2 is 1.43 bits per heavy atom. The van der Waals surface area contributed by atoms with Gasteiger partial charge in [0.2, 0.25) is 15.9 Å².